The van der Waals surface area contributed by atoms with Gasteiger partial charge in [-0.2, -0.15) is 4.98 Å². The minimum absolute atomic E-state index is 0.414. The van der Waals surface area contributed by atoms with Gasteiger partial charge >= 0.3 is 0 Å². The number of hydrogen-bond acceptors (Lipinski definition) is 7. The Kier molecular flexibility index (Phi) is 6.24. The van der Waals surface area contributed by atoms with Crippen molar-refractivity contribution in [2.24, 2.45) is 0 Å². The number of hydrogen-bond donors (Lipinski definition) is 0. The Labute approximate surface area is 171 Å². The van der Waals surface area contributed by atoms with Crippen molar-refractivity contribution in [2.45, 2.75) is 25.4 Å². The average Bonchev–Trinajstić information content (AvgIpc) is 2.76. The van der Waals surface area contributed by atoms with Crippen LogP contribution in [0.4, 0.5) is 11.8 Å². The zero-order valence-electron chi connectivity index (χ0n) is 16.3. The van der Waals surface area contributed by atoms with Gasteiger partial charge in [-0.25, -0.2) is 9.97 Å². The summed E-state index contributed by atoms with van der Waals surface area (Å²) in [5, 5.41) is 0.601. The fourth-order valence-corrected chi connectivity index (χ4v) is 4.09. The minimum Gasteiger partial charge on any atom is -0.378 e. The van der Waals surface area contributed by atoms with E-state index in [-0.39, 0.29) is 0 Å². The molecule has 2 aliphatic heterocycles. The van der Waals surface area contributed by atoms with Gasteiger partial charge in [0.1, 0.15) is 11.0 Å². The van der Waals surface area contributed by atoms with Gasteiger partial charge in [-0.05, 0) is 31.5 Å². The van der Waals surface area contributed by atoms with Crippen molar-refractivity contribution >= 4 is 23.4 Å². The van der Waals surface area contributed by atoms with Crippen LogP contribution in [0.15, 0.2) is 30.6 Å². The highest BCUT2D eigenvalue weighted by Crippen LogP contribution is 2.23. The Morgan fingerprint density at radius 1 is 1.18 bits per heavy atom. The van der Waals surface area contributed by atoms with E-state index in [2.05, 4.69) is 37.8 Å². The summed E-state index contributed by atoms with van der Waals surface area (Å²) in [6.07, 6.45) is 5.92. The van der Waals surface area contributed by atoms with Crippen LogP contribution in [0.5, 0.6) is 0 Å². The Balaban J connectivity index is 1.42. The second-order valence-electron chi connectivity index (χ2n) is 7.41. The molecule has 0 saturated carbocycles. The summed E-state index contributed by atoms with van der Waals surface area (Å²) in [7, 11) is 2.14. The number of anilines is 2. The first kappa shape index (κ1) is 19.4. The molecule has 0 aromatic carbocycles. The number of likely N-dealkylation sites (N-methyl/N-ethyl adjacent to an activating group) is 1. The van der Waals surface area contributed by atoms with E-state index in [1.807, 2.05) is 18.3 Å². The maximum absolute atomic E-state index is 6.25. The quantitative estimate of drug-likeness (QED) is 0.712. The van der Waals surface area contributed by atoms with Crippen LogP contribution in [0.3, 0.4) is 0 Å². The smallest absolute Gasteiger partial charge is 0.227 e. The highest BCUT2D eigenvalue weighted by molar-refractivity contribution is 6.30. The monoisotopic (exact) mass is 402 g/mol. The van der Waals surface area contributed by atoms with Crippen LogP contribution >= 0.6 is 11.6 Å². The van der Waals surface area contributed by atoms with E-state index in [1.165, 1.54) is 0 Å². The van der Waals surface area contributed by atoms with Gasteiger partial charge in [0, 0.05) is 57.2 Å². The normalized spacial score (nSPS) is 20.9. The topological polar surface area (TPSA) is 57.6 Å². The van der Waals surface area contributed by atoms with Gasteiger partial charge in [0.05, 0.1) is 13.2 Å². The molecule has 4 heterocycles. The molecule has 150 valence electrons. The van der Waals surface area contributed by atoms with Crippen molar-refractivity contribution in [3.63, 3.8) is 0 Å². The minimum atomic E-state index is 0.414. The third-order valence-electron chi connectivity index (χ3n) is 5.54. The summed E-state index contributed by atoms with van der Waals surface area (Å²) in [6, 6.07) is 6.42. The highest BCUT2D eigenvalue weighted by Gasteiger charge is 2.25. The molecule has 4 rings (SSSR count). The summed E-state index contributed by atoms with van der Waals surface area (Å²) >= 11 is 6.25. The Morgan fingerprint density at radius 2 is 2.04 bits per heavy atom. The van der Waals surface area contributed by atoms with Gasteiger partial charge in [0.25, 0.3) is 0 Å². The van der Waals surface area contributed by atoms with Crippen molar-refractivity contribution in [1.82, 2.24) is 19.9 Å². The fourth-order valence-electron chi connectivity index (χ4n) is 3.91. The van der Waals surface area contributed by atoms with Crippen LogP contribution in [0.2, 0.25) is 5.15 Å². The van der Waals surface area contributed by atoms with E-state index >= 15 is 0 Å². The molecule has 28 heavy (non-hydrogen) atoms. The summed E-state index contributed by atoms with van der Waals surface area (Å²) in [5.41, 5.74) is 1.09. The van der Waals surface area contributed by atoms with Crippen molar-refractivity contribution < 1.29 is 4.74 Å². The SMILES string of the molecule is CN(c1ccnc(N2CCOCC2)n1)C1CCCN(Cc2cccnc2Cl)C1. The number of pyridine rings is 1. The number of piperidine rings is 1. The van der Waals surface area contributed by atoms with Gasteiger partial charge in [-0.3, -0.25) is 4.90 Å². The summed E-state index contributed by atoms with van der Waals surface area (Å²) < 4.78 is 5.44. The van der Waals surface area contributed by atoms with Gasteiger partial charge in [-0.1, -0.05) is 17.7 Å². The number of likely N-dealkylation sites (tertiary alicyclic amines) is 1. The van der Waals surface area contributed by atoms with Crippen LogP contribution in [-0.2, 0) is 11.3 Å². The molecule has 0 bridgehead atoms. The van der Waals surface area contributed by atoms with Gasteiger partial charge < -0.3 is 14.5 Å². The van der Waals surface area contributed by atoms with Crippen molar-refractivity contribution in [1.29, 1.82) is 0 Å². The average molecular weight is 403 g/mol. The molecule has 2 aromatic heterocycles. The molecule has 8 heteroatoms. The van der Waals surface area contributed by atoms with Crippen LogP contribution < -0.4 is 9.80 Å². The van der Waals surface area contributed by atoms with E-state index in [1.54, 1.807) is 6.20 Å². The maximum atomic E-state index is 6.25. The molecule has 2 fully saturated rings. The molecule has 2 aliphatic rings. The molecule has 0 spiro atoms. The Morgan fingerprint density at radius 3 is 2.86 bits per heavy atom. The molecular formula is C20H27ClN6O. The fraction of sp³-hybridized carbons (Fsp3) is 0.550. The molecule has 0 radical (unpaired) electrons. The van der Waals surface area contributed by atoms with E-state index in [9.17, 15) is 0 Å². The van der Waals surface area contributed by atoms with Gasteiger partial charge in [-0.15, -0.1) is 0 Å². The molecule has 7 nitrogen and oxygen atoms in total. The maximum Gasteiger partial charge on any atom is 0.227 e. The first-order valence-corrected chi connectivity index (χ1v) is 10.3. The largest absolute Gasteiger partial charge is 0.378 e. The predicted octanol–water partition coefficient (Wildman–Crippen LogP) is 2.46. The lowest BCUT2D eigenvalue weighted by Crippen LogP contribution is -2.46. The lowest BCUT2D eigenvalue weighted by Gasteiger charge is -2.38. The van der Waals surface area contributed by atoms with Crippen LogP contribution in [-0.4, -0.2) is 72.3 Å². The van der Waals surface area contributed by atoms with Crippen LogP contribution in [0.1, 0.15) is 18.4 Å². The molecule has 0 amide bonds. The van der Waals surface area contributed by atoms with Crippen LogP contribution in [0, 0.1) is 0 Å². The second-order valence-corrected chi connectivity index (χ2v) is 7.77. The van der Waals surface area contributed by atoms with Gasteiger partial charge in [0.15, 0.2) is 0 Å². The van der Waals surface area contributed by atoms with Crippen molar-refractivity contribution in [3.8, 4) is 0 Å². The van der Waals surface area contributed by atoms with E-state index < -0.39 is 0 Å². The summed E-state index contributed by atoms with van der Waals surface area (Å²) in [5.74, 6) is 1.77. The van der Waals surface area contributed by atoms with E-state index in [0.717, 1.165) is 76.1 Å². The Bertz CT molecular complexity index is 785. The highest BCUT2D eigenvalue weighted by atomic mass is 35.5. The zero-order valence-corrected chi connectivity index (χ0v) is 17.1. The number of morpholine rings is 1. The number of halogens is 1. The summed E-state index contributed by atoms with van der Waals surface area (Å²) in [6.45, 7) is 6.05. The third kappa shape index (κ3) is 4.54. The van der Waals surface area contributed by atoms with E-state index in [4.69, 9.17) is 21.3 Å². The predicted molar refractivity (Wildman–Crippen MR) is 111 cm³/mol. The lowest BCUT2D eigenvalue weighted by atomic mass is 10.0. The first-order valence-electron chi connectivity index (χ1n) is 9.91. The van der Waals surface area contributed by atoms with Crippen LogP contribution in [0.25, 0.3) is 0 Å². The zero-order chi connectivity index (χ0) is 19.3. The molecule has 2 saturated heterocycles. The Hall–Kier alpha value is -1.96. The number of aromatic nitrogens is 3. The first-order chi connectivity index (χ1) is 13.7. The molecule has 1 unspecified atom stereocenters. The number of nitrogens with zero attached hydrogens (tertiary/aromatic N) is 6. The second kappa shape index (κ2) is 9.03. The molecule has 0 N–H and O–H groups in total. The molecule has 0 aliphatic carbocycles. The van der Waals surface area contributed by atoms with Gasteiger partial charge in [0.2, 0.25) is 5.95 Å². The lowest BCUT2D eigenvalue weighted by molar-refractivity contribution is 0.122. The molecular weight excluding hydrogens is 376 g/mol. The number of ether oxygens (including phenoxy) is 1. The standard InChI is InChI=1S/C20H27ClN6O/c1-25(18-6-8-23-20(24-18)27-10-12-28-13-11-27)17-5-3-9-26(15-17)14-16-4-2-7-22-19(16)21/h2,4,6-8,17H,3,5,9-15H2,1H3. The molecule has 1 atom stereocenters. The third-order valence-corrected chi connectivity index (χ3v) is 5.88. The number of rotatable bonds is 5. The van der Waals surface area contributed by atoms with E-state index in [0.29, 0.717) is 11.2 Å². The summed E-state index contributed by atoms with van der Waals surface area (Å²) in [4.78, 5) is 20.4. The van der Waals surface area contributed by atoms with Crippen molar-refractivity contribution in [3.05, 3.63) is 41.3 Å². The molecule has 2 aromatic rings. The van der Waals surface area contributed by atoms with Crippen molar-refractivity contribution in [2.75, 3.05) is 56.2 Å².